The molecule has 2 aromatic rings. The second-order valence-corrected chi connectivity index (χ2v) is 8.05. The highest BCUT2D eigenvalue weighted by atomic mass is 16.4. The predicted octanol–water partition coefficient (Wildman–Crippen LogP) is 2.97. The molecular weight excluding hydrogens is 370 g/mol. The van der Waals surface area contributed by atoms with Crippen molar-refractivity contribution in [1.82, 2.24) is 5.32 Å². The Bertz CT molecular complexity index is 884. The number of aliphatic hydroxyl groups excluding tert-OH is 1. The Morgan fingerprint density at radius 1 is 1.21 bits per heavy atom. The molecule has 0 spiro atoms. The Hall–Kier alpha value is -2.60. The van der Waals surface area contributed by atoms with Crippen molar-refractivity contribution < 1.29 is 19.4 Å². The van der Waals surface area contributed by atoms with Gasteiger partial charge in [-0.1, -0.05) is 49.6 Å². The topological polar surface area (TPSA) is 99.8 Å². The third kappa shape index (κ3) is 5.07. The van der Waals surface area contributed by atoms with E-state index in [4.69, 9.17) is 4.42 Å². The fourth-order valence-electron chi connectivity index (χ4n) is 4.32. The van der Waals surface area contributed by atoms with E-state index in [1.54, 1.807) is 6.92 Å². The molecule has 1 aliphatic rings. The highest BCUT2D eigenvalue weighted by Crippen LogP contribution is 2.44. The van der Waals surface area contributed by atoms with Crippen LogP contribution in [0, 0.1) is 6.92 Å². The van der Waals surface area contributed by atoms with Gasteiger partial charge in [0.15, 0.2) is 5.76 Å². The van der Waals surface area contributed by atoms with Gasteiger partial charge in [0, 0.05) is 17.9 Å². The molecule has 1 aromatic carbocycles. The van der Waals surface area contributed by atoms with Crippen molar-refractivity contribution in [2.75, 3.05) is 6.61 Å². The van der Waals surface area contributed by atoms with E-state index in [1.807, 2.05) is 30.3 Å². The molecule has 29 heavy (non-hydrogen) atoms. The van der Waals surface area contributed by atoms with Crippen LogP contribution in [0.1, 0.15) is 55.6 Å². The fourth-order valence-corrected chi connectivity index (χ4v) is 4.32. The molecule has 0 radical (unpaired) electrons. The first-order valence-electron chi connectivity index (χ1n) is 10.2. The molecule has 6 heteroatoms. The van der Waals surface area contributed by atoms with Gasteiger partial charge in [-0.25, -0.2) is 0 Å². The van der Waals surface area contributed by atoms with Crippen LogP contribution < -0.4 is 10.7 Å². The first-order chi connectivity index (χ1) is 13.9. The summed E-state index contributed by atoms with van der Waals surface area (Å²) in [6, 6.07) is 10.5. The lowest BCUT2D eigenvalue weighted by Gasteiger charge is -2.36. The van der Waals surface area contributed by atoms with Crippen LogP contribution >= 0.6 is 0 Å². The molecule has 156 valence electrons. The van der Waals surface area contributed by atoms with Gasteiger partial charge in [0.05, 0.1) is 12.6 Å². The number of hydrogen-bond donors (Lipinski definition) is 3. The molecule has 1 heterocycles. The van der Waals surface area contributed by atoms with Crippen LogP contribution in [0.15, 0.2) is 45.6 Å². The average Bonchev–Trinajstić information content (AvgIpc) is 2.71. The maximum Gasteiger partial charge on any atom is 0.227 e. The molecule has 1 fully saturated rings. The van der Waals surface area contributed by atoms with Crippen LogP contribution in [0.25, 0.3) is 0 Å². The molecule has 1 atom stereocenters. The Kier molecular flexibility index (Phi) is 6.75. The molecular formula is C23H29NO5. The molecule has 1 aromatic heterocycles. The number of carbonyl (C=O) groups excluding carboxylic acids is 1. The SMILES string of the molecule is Cc1cc(=O)c(O)c(C2(CC(=O)N[C@H](CO)Cc3ccccc3)CCCCC2)o1. The van der Waals surface area contributed by atoms with Crippen molar-refractivity contribution in [3.63, 3.8) is 0 Å². The van der Waals surface area contributed by atoms with Crippen molar-refractivity contribution in [2.24, 2.45) is 0 Å². The second-order valence-electron chi connectivity index (χ2n) is 8.05. The number of aromatic hydroxyl groups is 1. The Morgan fingerprint density at radius 2 is 1.90 bits per heavy atom. The predicted molar refractivity (Wildman–Crippen MR) is 110 cm³/mol. The third-order valence-corrected chi connectivity index (χ3v) is 5.75. The lowest BCUT2D eigenvalue weighted by molar-refractivity contribution is -0.124. The number of amides is 1. The highest BCUT2D eigenvalue weighted by molar-refractivity contribution is 5.78. The van der Waals surface area contributed by atoms with E-state index < -0.39 is 22.6 Å². The monoisotopic (exact) mass is 399 g/mol. The number of aliphatic hydroxyl groups is 1. The van der Waals surface area contributed by atoms with Crippen molar-refractivity contribution in [3.8, 4) is 5.75 Å². The molecule has 3 rings (SSSR count). The lowest BCUT2D eigenvalue weighted by Crippen LogP contribution is -2.43. The van der Waals surface area contributed by atoms with Gasteiger partial charge in [0.1, 0.15) is 5.76 Å². The van der Waals surface area contributed by atoms with Gasteiger partial charge in [-0.3, -0.25) is 9.59 Å². The van der Waals surface area contributed by atoms with Crippen LogP contribution in [0.4, 0.5) is 0 Å². The minimum Gasteiger partial charge on any atom is -0.502 e. The first-order valence-corrected chi connectivity index (χ1v) is 10.2. The number of rotatable bonds is 7. The van der Waals surface area contributed by atoms with Crippen LogP contribution in [0.3, 0.4) is 0 Å². The van der Waals surface area contributed by atoms with Crippen LogP contribution in [0.2, 0.25) is 0 Å². The van der Waals surface area contributed by atoms with E-state index in [9.17, 15) is 19.8 Å². The summed E-state index contributed by atoms with van der Waals surface area (Å²) in [6.07, 6.45) is 4.83. The highest BCUT2D eigenvalue weighted by Gasteiger charge is 2.41. The van der Waals surface area contributed by atoms with Gasteiger partial charge >= 0.3 is 0 Å². The summed E-state index contributed by atoms with van der Waals surface area (Å²) in [5.41, 5.74) is -0.155. The van der Waals surface area contributed by atoms with E-state index in [0.717, 1.165) is 24.8 Å². The van der Waals surface area contributed by atoms with Crippen LogP contribution in [-0.2, 0) is 16.6 Å². The smallest absolute Gasteiger partial charge is 0.227 e. The quantitative estimate of drug-likeness (QED) is 0.665. The number of hydrogen-bond acceptors (Lipinski definition) is 5. The Labute approximate surface area is 170 Å². The maximum absolute atomic E-state index is 12.9. The van der Waals surface area contributed by atoms with E-state index in [1.165, 1.54) is 6.07 Å². The number of aryl methyl sites for hydroxylation is 1. The van der Waals surface area contributed by atoms with Crippen LogP contribution in [0.5, 0.6) is 5.75 Å². The molecule has 1 saturated carbocycles. The minimum absolute atomic E-state index is 0.109. The standard InChI is InChI=1S/C23H29NO5/c1-16-12-19(26)21(28)22(29-16)23(10-6-3-7-11-23)14-20(27)24-18(15-25)13-17-8-4-2-5-9-17/h2,4-5,8-9,12,18,25,28H,3,6-7,10-11,13-15H2,1H3,(H,24,27)/t18-/m0/s1. The van der Waals surface area contributed by atoms with Crippen molar-refractivity contribution in [1.29, 1.82) is 0 Å². The van der Waals surface area contributed by atoms with Gasteiger partial charge in [-0.05, 0) is 31.7 Å². The number of benzene rings is 1. The molecule has 0 saturated heterocycles. The first kappa shape index (κ1) is 21.1. The summed E-state index contributed by atoms with van der Waals surface area (Å²) < 4.78 is 5.78. The Morgan fingerprint density at radius 3 is 2.55 bits per heavy atom. The van der Waals surface area contributed by atoms with E-state index >= 15 is 0 Å². The molecule has 0 unspecified atom stereocenters. The summed E-state index contributed by atoms with van der Waals surface area (Å²) >= 11 is 0. The number of carbonyl (C=O) groups is 1. The summed E-state index contributed by atoms with van der Waals surface area (Å²) in [4.78, 5) is 25.0. The molecule has 1 aliphatic carbocycles. The Balaban J connectivity index is 1.80. The van der Waals surface area contributed by atoms with Gasteiger partial charge in [0.2, 0.25) is 17.1 Å². The fraction of sp³-hybridized carbons (Fsp3) is 0.478. The van der Waals surface area contributed by atoms with Gasteiger partial charge in [-0.2, -0.15) is 0 Å². The van der Waals surface area contributed by atoms with Gasteiger partial charge < -0.3 is 19.9 Å². The summed E-state index contributed by atoms with van der Waals surface area (Å²) in [5.74, 6) is 0.0326. The zero-order valence-corrected chi connectivity index (χ0v) is 16.8. The maximum atomic E-state index is 12.9. The summed E-state index contributed by atoms with van der Waals surface area (Å²) in [6.45, 7) is 1.50. The number of nitrogens with one attached hydrogen (secondary N) is 1. The zero-order chi connectivity index (χ0) is 20.9. The molecule has 0 bridgehead atoms. The molecule has 3 N–H and O–H groups in total. The second kappa shape index (κ2) is 9.27. The molecule has 0 aliphatic heterocycles. The normalized spacial score (nSPS) is 16.9. The molecule has 6 nitrogen and oxygen atoms in total. The van der Waals surface area contributed by atoms with Crippen LogP contribution in [-0.4, -0.2) is 28.8 Å². The van der Waals surface area contributed by atoms with E-state index in [0.29, 0.717) is 25.0 Å². The van der Waals surface area contributed by atoms with Crippen molar-refractivity contribution in [2.45, 2.75) is 63.3 Å². The van der Waals surface area contributed by atoms with Crippen molar-refractivity contribution >= 4 is 5.91 Å². The lowest BCUT2D eigenvalue weighted by atomic mass is 9.69. The van der Waals surface area contributed by atoms with E-state index in [2.05, 4.69) is 5.32 Å². The summed E-state index contributed by atoms with van der Waals surface area (Å²) in [7, 11) is 0. The molecule has 1 amide bonds. The van der Waals surface area contributed by atoms with Gasteiger partial charge in [-0.15, -0.1) is 0 Å². The largest absolute Gasteiger partial charge is 0.502 e. The summed E-state index contributed by atoms with van der Waals surface area (Å²) in [5, 5.41) is 23.0. The third-order valence-electron chi connectivity index (χ3n) is 5.75. The minimum atomic E-state index is -0.704. The van der Waals surface area contributed by atoms with Crippen molar-refractivity contribution in [3.05, 3.63) is 63.7 Å². The van der Waals surface area contributed by atoms with E-state index in [-0.39, 0.29) is 24.7 Å². The average molecular weight is 399 g/mol. The zero-order valence-electron chi connectivity index (χ0n) is 16.8. The van der Waals surface area contributed by atoms with Gasteiger partial charge in [0.25, 0.3) is 0 Å².